The molecule has 7 aromatic carbocycles. The van der Waals surface area contributed by atoms with Gasteiger partial charge in [0.05, 0.1) is 39.4 Å². The monoisotopic (exact) mass is 664 g/mol. The third kappa shape index (κ3) is 4.86. The minimum atomic E-state index is 0.605. The highest BCUT2D eigenvalue weighted by molar-refractivity contribution is 6.23. The van der Waals surface area contributed by atoms with E-state index in [4.69, 9.17) is 14.4 Å². The van der Waals surface area contributed by atoms with Gasteiger partial charge in [-0.3, -0.25) is 0 Å². The predicted molar refractivity (Wildman–Crippen MR) is 210 cm³/mol. The van der Waals surface area contributed by atoms with Crippen molar-refractivity contribution in [2.75, 3.05) is 0 Å². The van der Waals surface area contributed by atoms with Crippen molar-refractivity contribution >= 4 is 43.7 Å². The SMILES string of the molecule is N#Cc1cccc(-c2cc(-c3cc(-c4ccccc4)nc(-c4ccccc4)n3)cc(-n3c4ccccc4c4c5oc6ccccc6c5ccc43)c2)c1. The van der Waals surface area contributed by atoms with E-state index in [1.54, 1.807) is 0 Å². The van der Waals surface area contributed by atoms with Crippen molar-refractivity contribution < 1.29 is 4.42 Å². The fourth-order valence-corrected chi connectivity index (χ4v) is 7.40. The Morgan fingerprint density at radius 2 is 1.15 bits per heavy atom. The first-order valence-electron chi connectivity index (χ1n) is 17.2. The second kappa shape index (κ2) is 11.9. The van der Waals surface area contributed by atoms with Crippen LogP contribution in [0.25, 0.3) is 94.5 Å². The number of hydrogen-bond acceptors (Lipinski definition) is 4. The molecular formula is C47H28N4O. The highest BCUT2D eigenvalue weighted by Gasteiger charge is 2.20. The molecule has 10 rings (SSSR count). The predicted octanol–water partition coefficient (Wildman–Crippen LogP) is 12.0. The van der Waals surface area contributed by atoms with Crippen molar-refractivity contribution in [3.8, 4) is 56.8 Å². The van der Waals surface area contributed by atoms with Crippen LogP contribution in [0.4, 0.5) is 0 Å². The maximum absolute atomic E-state index is 9.82. The van der Waals surface area contributed by atoms with Gasteiger partial charge in [0.25, 0.3) is 0 Å². The molecule has 52 heavy (non-hydrogen) atoms. The summed E-state index contributed by atoms with van der Waals surface area (Å²) in [5.41, 5.74) is 11.9. The lowest BCUT2D eigenvalue weighted by Crippen LogP contribution is -1.99. The molecule has 10 aromatic rings. The van der Waals surface area contributed by atoms with Crippen molar-refractivity contribution in [1.29, 1.82) is 5.26 Å². The molecule has 0 atom stereocenters. The van der Waals surface area contributed by atoms with Crippen LogP contribution < -0.4 is 0 Å². The van der Waals surface area contributed by atoms with Crippen LogP contribution in [0.3, 0.4) is 0 Å². The molecular weight excluding hydrogens is 637 g/mol. The number of benzene rings is 7. The van der Waals surface area contributed by atoms with Gasteiger partial charge in [0, 0.05) is 38.5 Å². The highest BCUT2D eigenvalue weighted by Crippen LogP contribution is 2.42. The molecule has 0 saturated carbocycles. The van der Waals surface area contributed by atoms with E-state index in [1.165, 1.54) is 0 Å². The summed E-state index contributed by atoms with van der Waals surface area (Å²) in [6.07, 6.45) is 0. The van der Waals surface area contributed by atoms with Gasteiger partial charge in [0.2, 0.25) is 0 Å². The summed E-state index contributed by atoms with van der Waals surface area (Å²) in [5, 5.41) is 14.2. The molecule has 242 valence electrons. The Morgan fingerprint density at radius 3 is 1.96 bits per heavy atom. The second-order valence-electron chi connectivity index (χ2n) is 12.9. The number of hydrogen-bond donors (Lipinski definition) is 0. The third-order valence-corrected chi connectivity index (χ3v) is 9.80. The van der Waals surface area contributed by atoms with Gasteiger partial charge in [0.1, 0.15) is 11.2 Å². The fourth-order valence-electron chi connectivity index (χ4n) is 7.40. The smallest absolute Gasteiger partial charge is 0.160 e. The van der Waals surface area contributed by atoms with E-state index in [9.17, 15) is 5.26 Å². The van der Waals surface area contributed by atoms with Crippen LogP contribution in [0.5, 0.6) is 0 Å². The molecule has 0 spiro atoms. The van der Waals surface area contributed by atoms with Crippen LogP contribution in [-0.2, 0) is 0 Å². The molecule has 0 aliphatic carbocycles. The largest absolute Gasteiger partial charge is 0.455 e. The summed E-state index contributed by atoms with van der Waals surface area (Å²) >= 11 is 0. The van der Waals surface area contributed by atoms with Gasteiger partial charge < -0.3 is 8.98 Å². The summed E-state index contributed by atoms with van der Waals surface area (Å²) < 4.78 is 8.90. The van der Waals surface area contributed by atoms with Gasteiger partial charge in [-0.25, -0.2) is 9.97 Å². The van der Waals surface area contributed by atoms with E-state index < -0.39 is 0 Å². The van der Waals surface area contributed by atoms with Gasteiger partial charge in [-0.1, -0.05) is 109 Å². The molecule has 0 radical (unpaired) electrons. The number of nitrogens with zero attached hydrogens (tertiary/aromatic N) is 4. The van der Waals surface area contributed by atoms with Gasteiger partial charge >= 0.3 is 0 Å². The summed E-state index contributed by atoms with van der Waals surface area (Å²) in [4.78, 5) is 10.2. The molecule has 0 unspecified atom stereocenters. The number of fused-ring (bicyclic) bond motifs is 7. The molecule has 3 heterocycles. The van der Waals surface area contributed by atoms with Crippen molar-refractivity contribution in [3.63, 3.8) is 0 Å². The minimum Gasteiger partial charge on any atom is -0.455 e. The normalized spacial score (nSPS) is 11.4. The lowest BCUT2D eigenvalue weighted by atomic mass is 9.98. The van der Waals surface area contributed by atoms with E-state index in [1.807, 2.05) is 78.9 Å². The van der Waals surface area contributed by atoms with E-state index in [2.05, 4.69) is 102 Å². The Bertz CT molecular complexity index is 2970. The summed E-state index contributed by atoms with van der Waals surface area (Å²) in [5.74, 6) is 0.652. The Labute approximate surface area is 299 Å². The Balaban J connectivity index is 1.28. The molecule has 0 aliphatic heterocycles. The molecule has 3 aromatic heterocycles. The van der Waals surface area contributed by atoms with E-state index in [-0.39, 0.29) is 0 Å². The highest BCUT2D eigenvalue weighted by atomic mass is 16.3. The molecule has 0 amide bonds. The van der Waals surface area contributed by atoms with Crippen LogP contribution in [0.2, 0.25) is 0 Å². The first-order valence-corrected chi connectivity index (χ1v) is 17.2. The maximum atomic E-state index is 9.82. The van der Waals surface area contributed by atoms with Gasteiger partial charge in [0.15, 0.2) is 5.82 Å². The van der Waals surface area contributed by atoms with Crippen molar-refractivity contribution in [2.24, 2.45) is 0 Å². The molecule has 0 aliphatic rings. The van der Waals surface area contributed by atoms with Crippen molar-refractivity contribution in [1.82, 2.24) is 14.5 Å². The average molecular weight is 665 g/mol. The van der Waals surface area contributed by atoms with E-state index in [0.717, 1.165) is 88.6 Å². The van der Waals surface area contributed by atoms with Crippen LogP contribution >= 0.6 is 0 Å². The molecule has 5 heteroatoms. The van der Waals surface area contributed by atoms with Crippen LogP contribution in [0, 0.1) is 11.3 Å². The fraction of sp³-hybridized carbons (Fsp3) is 0. The molecule has 0 N–H and O–H groups in total. The van der Waals surface area contributed by atoms with Crippen molar-refractivity contribution in [2.45, 2.75) is 0 Å². The van der Waals surface area contributed by atoms with Crippen molar-refractivity contribution in [3.05, 3.63) is 175 Å². The third-order valence-electron chi connectivity index (χ3n) is 9.80. The summed E-state index contributed by atoms with van der Waals surface area (Å²) in [6.45, 7) is 0. The van der Waals surface area contributed by atoms with Crippen LogP contribution in [0.1, 0.15) is 5.56 Å². The van der Waals surface area contributed by atoms with Gasteiger partial charge in [-0.2, -0.15) is 5.26 Å². The first kappa shape index (κ1) is 29.6. The van der Waals surface area contributed by atoms with Gasteiger partial charge in [-0.15, -0.1) is 0 Å². The van der Waals surface area contributed by atoms with Crippen LogP contribution in [-0.4, -0.2) is 14.5 Å². The zero-order valence-corrected chi connectivity index (χ0v) is 27.9. The van der Waals surface area contributed by atoms with Crippen LogP contribution in [0.15, 0.2) is 174 Å². The quantitative estimate of drug-likeness (QED) is 0.184. The Morgan fingerprint density at radius 1 is 0.481 bits per heavy atom. The number of rotatable bonds is 5. The molecule has 0 bridgehead atoms. The molecule has 5 nitrogen and oxygen atoms in total. The standard InChI is InChI=1S/C47H28N4O/c48-29-30-12-11-17-33(24-30)34-25-35(41-28-40(31-13-3-1-4-14-31)49-47(50-41)32-15-5-2-6-16-32)27-36(26-34)51-42-20-9-7-19-39(42)45-43(51)23-22-38-37-18-8-10-21-44(37)52-46(38)45/h1-28H. The number of furan rings is 1. The zero-order chi connectivity index (χ0) is 34.6. The number of para-hydroxylation sites is 2. The van der Waals surface area contributed by atoms with E-state index in [0.29, 0.717) is 11.4 Å². The topological polar surface area (TPSA) is 67.6 Å². The first-order chi connectivity index (χ1) is 25.7. The number of aromatic nitrogens is 3. The van der Waals surface area contributed by atoms with E-state index >= 15 is 0 Å². The lowest BCUT2D eigenvalue weighted by Gasteiger charge is -2.15. The summed E-state index contributed by atoms with van der Waals surface area (Å²) in [7, 11) is 0. The minimum absolute atomic E-state index is 0.605. The average Bonchev–Trinajstić information content (AvgIpc) is 3.77. The Hall–Kier alpha value is -7.29. The number of nitriles is 1. The molecule has 0 saturated heterocycles. The second-order valence-corrected chi connectivity index (χ2v) is 12.9. The Kier molecular flexibility index (Phi) is 6.80. The molecule has 0 fully saturated rings. The van der Waals surface area contributed by atoms with Gasteiger partial charge in [-0.05, 0) is 71.8 Å². The summed E-state index contributed by atoms with van der Waals surface area (Å²) in [6, 6.07) is 60.1. The zero-order valence-electron chi connectivity index (χ0n) is 27.9. The maximum Gasteiger partial charge on any atom is 0.160 e. The lowest BCUT2D eigenvalue weighted by molar-refractivity contribution is 0.673.